The molecule has 22 heavy (non-hydrogen) atoms. The molecule has 2 nitrogen and oxygen atoms in total. The quantitative estimate of drug-likeness (QED) is 0.840. The minimum absolute atomic E-state index is 1.00. The Hall–Kier alpha value is -2.48. The van der Waals surface area contributed by atoms with Crippen LogP contribution in [0.1, 0.15) is 11.1 Å². The summed E-state index contributed by atoms with van der Waals surface area (Å²) in [4.78, 5) is 4.94. The maximum absolute atomic E-state index is 2.47. The number of rotatable bonds is 3. The number of nitrogens with zero attached hydrogens (tertiary/aromatic N) is 2. The molecule has 0 unspecified atom stereocenters. The van der Waals surface area contributed by atoms with Crippen LogP contribution in [0.25, 0.3) is 12.2 Å². The summed E-state index contributed by atoms with van der Waals surface area (Å²) in [5, 5.41) is 0. The lowest BCUT2D eigenvalue weighted by Crippen LogP contribution is -2.37. The van der Waals surface area contributed by atoms with Crippen LogP contribution >= 0.6 is 0 Å². The first-order valence-corrected chi connectivity index (χ1v) is 7.93. The first-order chi connectivity index (χ1) is 10.9. The van der Waals surface area contributed by atoms with Crippen LogP contribution in [-0.4, -0.2) is 26.2 Å². The third kappa shape index (κ3) is 2.41. The Morgan fingerprint density at radius 1 is 0.636 bits per heavy atom. The summed E-state index contributed by atoms with van der Waals surface area (Å²) in [7, 11) is 0. The Morgan fingerprint density at radius 3 is 1.59 bits per heavy atom. The van der Waals surface area contributed by atoms with Crippen LogP contribution in [0.15, 0.2) is 60.7 Å². The first kappa shape index (κ1) is 13.2. The van der Waals surface area contributed by atoms with Gasteiger partial charge in [-0.15, -0.1) is 0 Å². The van der Waals surface area contributed by atoms with E-state index < -0.39 is 0 Å². The SMILES string of the molecule is C1=Cc2ccccc2N(CCN2CC=Cc3ccccc32)C1. The molecule has 0 aromatic heterocycles. The highest BCUT2D eigenvalue weighted by molar-refractivity contribution is 5.72. The van der Waals surface area contributed by atoms with Gasteiger partial charge in [0.05, 0.1) is 0 Å². The smallest absolute Gasteiger partial charge is 0.0443 e. The lowest BCUT2D eigenvalue weighted by atomic mass is 10.1. The molecule has 2 heterocycles. The summed E-state index contributed by atoms with van der Waals surface area (Å²) in [6.07, 6.45) is 8.97. The zero-order valence-electron chi connectivity index (χ0n) is 12.7. The van der Waals surface area contributed by atoms with Gasteiger partial charge in [-0.1, -0.05) is 60.7 Å². The molecule has 0 bridgehead atoms. The van der Waals surface area contributed by atoms with E-state index >= 15 is 0 Å². The first-order valence-electron chi connectivity index (χ1n) is 7.93. The molecule has 0 aliphatic carbocycles. The van der Waals surface area contributed by atoms with E-state index in [-0.39, 0.29) is 0 Å². The van der Waals surface area contributed by atoms with E-state index in [9.17, 15) is 0 Å². The number of hydrogen-bond acceptors (Lipinski definition) is 2. The van der Waals surface area contributed by atoms with E-state index in [1.54, 1.807) is 0 Å². The Labute approximate surface area is 132 Å². The molecule has 0 spiro atoms. The zero-order chi connectivity index (χ0) is 14.8. The Morgan fingerprint density at radius 2 is 1.09 bits per heavy atom. The molecule has 0 fully saturated rings. The van der Waals surface area contributed by atoms with Crippen molar-refractivity contribution in [2.45, 2.75) is 0 Å². The number of fused-ring (bicyclic) bond motifs is 2. The highest BCUT2D eigenvalue weighted by atomic mass is 15.2. The van der Waals surface area contributed by atoms with Crippen LogP contribution in [0, 0.1) is 0 Å². The van der Waals surface area contributed by atoms with E-state index in [1.807, 2.05) is 0 Å². The summed E-state index contributed by atoms with van der Waals surface area (Å²) >= 11 is 0. The molecule has 0 atom stereocenters. The van der Waals surface area contributed by atoms with Gasteiger partial charge in [0.25, 0.3) is 0 Å². The van der Waals surface area contributed by atoms with Crippen molar-refractivity contribution in [2.24, 2.45) is 0 Å². The fraction of sp³-hybridized carbons (Fsp3) is 0.200. The van der Waals surface area contributed by atoms with E-state index in [0.29, 0.717) is 0 Å². The van der Waals surface area contributed by atoms with Crippen LogP contribution in [-0.2, 0) is 0 Å². The Bertz CT molecular complexity index is 666. The van der Waals surface area contributed by atoms with Crippen molar-refractivity contribution in [1.82, 2.24) is 0 Å². The van der Waals surface area contributed by atoms with Gasteiger partial charge in [-0.25, -0.2) is 0 Å². The molecule has 2 aromatic rings. The molecule has 2 aromatic carbocycles. The molecular weight excluding hydrogens is 268 g/mol. The van der Waals surface area contributed by atoms with Crippen LogP contribution in [0.4, 0.5) is 11.4 Å². The number of anilines is 2. The number of para-hydroxylation sites is 2. The zero-order valence-corrected chi connectivity index (χ0v) is 12.7. The minimum atomic E-state index is 1.00. The predicted octanol–water partition coefficient (Wildman–Crippen LogP) is 4.05. The predicted molar refractivity (Wildman–Crippen MR) is 95.4 cm³/mol. The van der Waals surface area contributed by atoms with Crippen molar-refractivity contribution in [1.29, 1.82) is 0 Å². The molecule has 2 aliphatic rings. The van der Waals surface area contributed by atoms with Gasteiger partial charge in [-0.3, -0.25) is 0 Å². The Kier molecular flexibility index (Phi) is 3.43. The van der Waals surface area contributed by atoms with Crippen LogP contribution in [0.3, 0.4) is 0 Å². The lowest BCUT2D eigenvalue weighted by Gasteiger charge is -2.33. The highest BCUT2D eigenvalue weighted by Crippen LogP contribution is 2.27. The van der Waals surface area contributed by atoms with Crippen LogP contribution in [0.5, 0.6) is 0 Å². The monoisotopic (exact) mass is 288 g/mol. The van der Waals surface area contributed by atoms with Gasteiger partial charge in [-0.05, 0) is 23.3 Å². The summed E-state index contributed by atoms with van der Waals surface area (Å²) in [5.41, 5.74) is 5.36. The van der Waals surface area contributed by atoms with Crippen molar-refractivity contribution in [3.8, 4) is 0 Å². The van der Waals surface area contributed by atoms with Crippen molar-refractivity contribution in [3.05, 3.63) is 71.8 Å². The molecular formula is C20H20N2. The summed E-state index contributed by atoms with van der Waals surface area (Å²) in [5.74, 6) is 0. The van der Waals surface area contributed by atoms with E-state index in [4.69, 9.17) is 0 Å². The van der Waals surface area contributed by atoms with Crippen LogP contribution < -0.4 is 9.80 Å². The third-order valence-electron chi connectivity index (χ3n) is 4.44. The van der Waals surface area contributed by atoms with E-state index in [2.05, 4.69) is 82.6 Å². The topological polar surface area (TPSA) is 6.48 Å². The van der Waals surface area contributed by atoms with Crippen molar-refractivity contribution < 1.29 is 0 Å². The lowest BCUT2D eigenvalue weighted by molar-refractivity contribution is 0.778. The largest absolute Gasteiger partial charge is 0.366 e. The second kappa shape index (κ2) is 5.72. The van der Waals surface area contributed by atoms with Gasteiger partial charge in [0.1, 0.15) is 0 Å². The molecule has 110 valence electrons. The molecule has 0 radical (unpaired) electrons. The average Bonchev–Trinajstić information content (AvgIpc) is 2.60. The van der Waals surface area contributed by atoms with Gasteiger partial charge in [0.15, 0.2) is 0 Å². The van der Waals surface area contributed by atoms with Gasteiger partial charge < -0.3 is 9.80 Å². The molecule has 2 heteroatoms. The third-order valence-corrected chi connectivity index (χ3v) is 4.44. The van der Waals surface area contributed by atoms with Crippen molar-refractivity contribution in [2.75, 3.05) is 36.0 Å². The highest BCUT2D eigenvalue weighted by Gasteiger charge is 2.16. The molecule has 2 aliphatic heterocycles. The fourth-order valence-corrected chi connectivity index (χ4v) is 3.31. The van der Waals surface area contributed by atoms with E-state index in [0.717, 1.165) is 26.2 Å². The fourth-order valence-electron chi connectivity index (χ4n) is 3.31. The van der Waals surface area contributed by atoms with Gasteiger partial charge in [-0.2, -0.15) is 0 Å². The van der Waals surface area contributed by atoms with Crippen LogP contribution in [0.2, 0.25) is 0 Å². The second-order valence-corrected chi connectivity index (χ2v) is 5.81. The summed E-state index contributed by atoms with van der Waals surface area (Å²) in [6.45, 7) is 4.09. The number of hydrogen-bond donors (Lipinski definition) is 0. The average molecular weight is 288 g/mol. The Balaban J connectivity index is 1.50. The summed E-state index contributed by atoms with van der Waals surface area (Å²) < 4.78 is 0. The van der Waals surface area contributed by atoms with Crippen molar-refractivity contribution >= 4 is 23.5 Å². The molecule has 0 N–H and O–H groups in total. The normalized spacial score (nSPS) is 15.6. The molecule has 0 saturated carbocycles. The maximum Gasteiger partial charge on any atom is 0.0443 e. The van der Waals surface area contributed by atoms with Gasteiger partial charge in [0.2, 0.25) is 0 Å². The second-order valence-electron chi connectivity index (χ2n) is 5.81. The van der Waals surface area contributed by atoms with Gasteiger partial charge >= 0.3 is 0 Å². The standard InChI is InChI=1S/C20H20N2/c1-3-11-19-17(7-1)9-5-13-21(19)15-16-22-14-6-10-18-8-2-4-12-20(18)22/h1-12H,13-16H2. The molecule has 4 rings (SSSR count). The molecule has 0 saturated heterocycles. The van der Waals surface area contributed by atoms with E-state index in [1.165, 1.54) is 22.5 Å². The maximum atomic E-state index is 2.47. The minimum Gasteiger partial charge on any atom is -0.366 e. The molecule has 0 amide bonds. The van der Waals surface area contributed by atoms with Gasteiger partial charge in [0, 0.05) is 37.6 Å². The van der Waals surface area contributed by atoms with Crippen molar-refractivity contribution in [3.63, 3.8) is 0 Å². The number of benzene rings is 2. The summed E-state index contributed by atoms with van der Waals surface area (Å²) in [6, 6.07) is 17.3.